The van der Waals surface area contributed by atoms with Gasteiger partial charge in [-0.15, -0.1) is 0 Å². The highest BCUT2D eigenvalue weighted by Crippen LogP contribution is 2.53. The van der Waals surface area contributed by atoms with E-state index in [2.05, 4.69) is 169 Å². The summed E-state index contributed by atoms with van der Waals surface area (Å²) in [6.45, 7) is 5.77. The molecule has 218 valence electrons. The minimum Gasteiger partial charge on any atom is -0.344 e. The fourth-order valence-corrected chi connectivity index (χ4v) is 7.90. The van der Waals surface area contributed by atoms with Gasteiger partial charge in [0.1, 0.15) is 0 Å². The van der Waals surface area contributed by atoms with Gasteiger partial charge in [-0.2, -0.15) is 0 Å². The lowest BCUT2D eigenvalue weighted by Gasteiger charge is -2.42. The van der Waals surface area contributed by atoms with E-state index in [0.29, 0.717) is 0 Å². The molecule has 0 aliphatic carbocycles. The third-order valence-electron chi connectivity index (χ3n) is 10.3. The summed E-state index contributed by atoms with van der Waals surface area (Å²) in [6.07, 6.45) is 1.10. The van der Waals surface area contributed by atoms with Gasteiger partial charge in [-0.25, -0.2) is 0 Å². The van der Waals surface area contributed by atoms with Crippen LogP contribution in [0.2, 0.25) is 0 Å². The predicted octanol–water partition coefficient (Wildman–Crippen LogP) is 10.8. The maximum Gasteiger partial charge on any atom is 0.0503 e. The molecule has 0 amide bonds. The Morgan fingerprint density at radius 2 is 1.20 bits per heavy atom. The number of fused-ring (bicyclic) bond motifs is 6. The number of hydrogen-bond donors (Lipinski definition) is 0. The SMILES string of the molecule is Cn1c2ccccc2c2cc(N3c4ccccc4C(C)(C)c4cc(-c5ccc(N6CCc7ccccc76)cc5)ccc43)ccc21. The number of anilines is 5. The van der Waals surface area contributed by atoms with Crippen molar-refractivity contribution >= 4 is 50.2 Å². The molecule has 3 nitrogen and oxygen atoms in total. The second kappa shape index (κ2) is 9.61. The first kappa shape index (κ1) is 26.2. The number of aromatic nitrogens is 1. The van der Waals surface area contributed by atoms with Crippen molar-refractivity contribution in [2.75, 3.05) is 16.3 Å². The van der Waals surface area contributed by atoms with Crippen LogP contribution >= 0.6 is 0 Å². The Balaban J connectivity index is 1.16. The van der Waals surface area contributed by atoms with Crippen LogP contribution in [0.5, 0.6) is 0 Å². The molecule has 1 aromatic heterocycles. The molecule has 0 saturated heterocycles. The van der Waals surface area contributed by atoms with Crippen molar-refractivity contribution < 1.29 is 0 Å². The number of benzene rings is 6. The molecule has 0 unspecified atom stereocenters. The molecule has 2 aliphatic heterocycles. The molecule has 3 heterocycles. The molecule has 0 fully saturated rings. The second-order valence-corrected chi connectivity index (χ2v) is 13.1. The fraction of sp³-hybridized carbons (Fsp3) is 0.143. The van der Waals surface area contributed by atoms with E-state index in [4.69, 9.17) is 0 Å². The average Bonchev–Trinajstić information content (AvgIpc) is 3.64. The van der Waals surface area contributed by atoms with Crippen LogP contribution in [0.25, 0.3) is 32.9 Å². The third-order valence-corrected chi connectivity index (χ3v) is 10.3. The van der Waals surface area contributed by atoms with E-state index >= 15 is 0 Å². The largest absolute Gasteiger partial charge is 0.344 e. The Morgan fingerprint density at radius 3 is 2.07 bits per heavy atom. The second-order valence-electron chi connectivity index (χ2n) is 13.1. The molecule has 7 aromatic rings. The smallest absolute Gasteiger partial charge is 0.0503 e. The summed E-state index contributed by atoms with van der Waals surface area (Å²) in [4.78, 5) is 4.91. The van der Waals surface area contributed by atoms with Crippen molar-refractivity contribution in [2.24, 2.45) is 7.05 Å². The van der Waals surface area contributed by atoms with E-state index < -0.39 is 0 Å². The quantitative estimate of drug-likeness (QED) is 0.206. The van der Waals surface area contributed by atoms with Crippen LogP contribution in [-0.2, 0) is 18.9 Å². The topological polar surface area (TPSA) is 11.4 Å². The third kappa shape index (κ3) is 3.83. The molecule has 0 N–H and O–H groups in total. The molecule has 0 atom stereocenters. The molecule has 45 heavy (non-hydrogen) atoms. The van der Waals surface area contributed by atoms with Crippen LogP contribution in [0.3, 0.4) is 0 Å². The number of rotatable bonds is 3. The van der Waals surface area contributed by atoms with Crippen LogP contribution in [0.4, 0.5) is 28.4 Å². The van der Waals surface area contributed by atoms with Gasteiger partial charge in [-0.1, -0.05) is 86.6 Å². The average molecular weight is 582 g/mol. The normalized spacial score (nSPS) is 14.9. The Morgan fingerprint density at radius 1 is 0.533 bits per heavy atom. The summed E-state index contributed by atoms with van der Waals surface area (Å²) in [6, 6.07) is 49.5. The Labute approximate surface area is 264 Å². The zero-order valence-electron chi connectivity index (χ0n) is 26.0. The van der Waals surface area contributed by atoms with Crippen molar-refractivity contribution in [3.8, 4) is 11.1 Å². The van der Waals surface area contributed by atoms with E-state index in [1.165, 1.54) is 78.1 Å². The molecule has 9 rings (SSSR count). The minimum atomic E-state index is -0.152. The van der Waals surface area contributed by atoms with Gasteiger partial charge in [0.05, 0.1) is 11.4 Å². The molecule has 0 spiro atoms. The van der Waals surface area contributed by atoms with Crippen LogP contribution < -0.4 is 9.80 Å². The summed E-state index contributed by atoms with van der Waals surface area (Å²) in [5, 5.41) is 2.57. The van der Waals surface area contributed by atoms with Crippen LogP contribution in [0.15, 0.2) is 133 Å². The van der Waals surface area contributed by atoms with E-state index in [1.807, 2.05) is 0 Å². The molecular formula is C42H35N3. The van der Waals surface area contributed by atoms with Crippen molar-refractivity contribution in [3.05, 3.63) is 150 Å². The molecule has 0 saturated carbocycles. The maximum absolute atomic E-state index is 2.47. The highest BCUT2D eigenvalue weighted by atomic mass is 15.2. The number of nitrogens with zero attached hydrogens (tertiary/aromatic N) is 3. The van der Waals surface area contributed by atoms with E-state index in [-0.39, 0.29) is 5.41 Å². The first-order valence-electron chi connectivity index (χ1n) is 16.0. The van der Waals surface area contributed by atoms with E-state index in [1.54, 1.807) is 0 Å². The zero-order chi connectivity index (χ0) is 30.3. The standard InChI is InChI=1S/C42H35N3/c1-42(2)35-12-6-9-15-40(35)45(32-21-23-39-34(27-32)33-11-5-8-14-38(33)43(39)3)41-22-18-30(26-36(41)42)28-16-19-31(20-17-28)44-25-24-29-10-4-7-13-37(29)44/h4-23,26-27H,24-25H2,1-3H3. The summed E-state index contributed by atoms with van der Waals surface area (Å²) in [5.41, 5.74) is 15.2. The molecule has 2 aliphatic rings. The molecule has 3 heteroatoms. The van der Waals surface area contributed by atoms with Gasteiger partial charge in [0.25, 0.3) is 0 Å². The Bertz CT molecular complexity index is 2270. The number of hydrogen-bond acceptors (Lipinski definition) is 2. The molecule has 6 aromatic carbocycles. The van der Waals surface area contributed by atoms with Gasteiger partial charge in [0.15, 0.2) is 0 Å². The van der Waals surface area contributed by atoms with Gasteiger partial charge in [0, 0.05) is 57.9 Å². The first-order chi connectivity index (χ1) is 22.0. The lowest BCUT2D eigenvalue weighted by molar-refractivity contribution is 0.632. The maximum atomic E-state index is 2.47. The van der Waals surface area contributed by atoms with Crippen molar-refractivity contribution in [3.63, 3.8) is 0 Å². The van der Waals surface area contributed by atoms with Gasteiger partial charge < -0.3 is 14.4 Å². The highest BCUT2D eigenvalue weighted by molar-refractivity contribution is 6.09. The molecule has 0 radical (unpaired) electrons. The highest BCUT2D eigenvalue weighted by Gasteiger charge is 2.37. The van der Waals surface area contributed by atoms with E-state index in [9.17, 15) is 0 Å². The summed E-state index contributed by atoms with van der Waals surface area (Å²) < 4.78 is 2.30. The van der Waals surface area contributed by atoms with E-state index in [0.717, 1.165) is 13.0 Å². The van der Waals surface area contributed by atoms with Gasteiger partial charge in [-0.05, 0) is 94.9 Å². The van der Waals surface area contributed by atoms with Crippen molar-refractivity contribution in [1.29, 1.82) is 0 Å². The fourth-order valence-electron chi connectivity index (χ4n) is 7.90. The zero-order valence-corrected chi connectivity index (χ0v) is 26.0. The minimum absolute atomic E-state index is 0.152. The van der Waals surface area contributed by atoms with Gasteiger partial charge in [0.2, 0.25) is 0 Å². The molecular weight excluding hydrogens is 546 g/mol. The first-order valence-corrected chi connectivity index (χ1v) is 16.0. The Kier molecular flexibility index (Phi) is 5.58. The van der Waals surface area contributed by atoms with Crippen molar-refractivity contribution in [1.82, 2.24) is 4.57 Å². The lowest BCUT2D eigenvalue weighted by Crippen LogP contribution is -2.30. The van der Waals surface area contributed by atoms with Gasteiger partial charge in [-0.3, -0.25) is 0 Å². The van der Waals surface area contributed by atoms with Crippen molar-refractivity contribution in [2.45, 2.75) is 25.7 Å². The number of aryl methyl sites for hydroxylation is 1. The monoisotopic (exact) mass is 581 g/mol. The summed E-state index contributed by atoms with van der Waals surface area (Å²) >= 11 is 0. The Hall–Kier alpha value is -5.28. The van der Waals surface area contributed by atoms with Crippen LogP contribution in [0.1, 0.15) is 30.5 Å². The number of para-hydroxylation sites is 3. The van der Waals surface area contributed by atoms with Gasteiger partial charge >= 0.3 is 0 Å². The lowest BCUT2D eigenvalue weighted by atomic mass is 9.73. The summed E-state index contributed by atoms with van der Waals surface area (Å²) in [5.74, 6) is 0. The predicted molar refractivity (Wildman–Crippen MR) is 190 cm³/mol. The summed E-state index contributed by atoms with van der Waals surface area (Å²) in [7, 11) is 2.16. The van der Waals surface area contributed by atoms with Crippen LogP contribution in [-0.4, -0.2) is 11.1 Å². The van der Waals surface area contributed by atoms with Crippen LogP contribution in [0, 0.1) is 0 Å². The molecule has 0 bridgehead atoms.